The molecule has 1 heterocycles. The third-order valence-electron chi connectivity index (χ3n) is 3.77. The van der Waals surface area contributed by atoms with Crippen molar-refractivity contribution in [2.45, 2.75) is 31.7 Å². The molecule has 0 spiro atoms. The van der Waals surface area contributed by atoms with Gasteiger partial charge in [0.2, 0.25) is 0 Å². The number of anilines is 1. The molecule has 98 valence electrons. The van der Waals surface area contributed by atoms with E-state index in [0.717, 1.165) is 18.5 Å². The average Bonchev–Trinajstić information content (AvgIpc) is 2.35. The minimum atomic E-state index is 0.507. The second kappa shape index (κ2) is 5.22. The van der Waals surface area contributed by atoms with E-state index in [1.807, 2.05) is 12.1 Å². The van der Waals surface area contributed by atoms with E-state index < -0.39 is 0 Å². The molecule has 0 amide bonds. The number of benzene rings is 1. The third-order valence-corrected chi connectivity index (χ3v) is 4.07. The van der Waals surface area contributed by atoms with Crippen LogP contribution in [0.2, 0.25) is 5.15 Å². The van der Waals surface area contributed by atoms with Gasteiger partial charge in [-0.15, -0.1) is 0 Å². The standard InChI is InChI=1S/C16H17ClN2/c1-11-4-2-5-12(8-11)13-9-14(10-13)19-15-6-3-7-18-16(15)17/h2-8,13-14,19H,9-10H2,1H3. The molecule has 3 rings (SSSR count). The van der Waals surface area contributed by atoms with Gasteiger partial charge in [0, 0.05) is 12.2 Å². The zero-order chi connectivity index (χ0) is 13.2. The van der Waals surface area contributed by atoms with Crippen LogP contribution in [0.5, 0.6) is 0 Å². The van der Waals surface area contributed by atoms with Crippen molar-refractivity contribution in [1.82, 2.24) is 4.98 Å². The molecule has 1 fully saturated rings. The van der Waals surface area contributed by atoms with Crippen LogP contribution >= 0.6 is 11.6 Å². The number of hydrogen-bond acceptors (Lipinski definition) is 2. The van der Waals surface area contributed by atoms with Gasteiger partial charge in [-0.1, -0.05) is 41.4 Å². The van der Waals surface area contributed by atoms with Crippen molar-refractivity contribution in [1.29, 1.82) is 0 Å². The first kappa shape index (κ1) is 12.5. The van der Waals surface area contributed by atoms with E-state index in [9.17, 15) is 0 Å². The minimum Gasteiger partial charge on any atom is -0.380 e. The summed E-state index contributed by atoms with van der Waals surface area (Å²) >= 11 is 6.05. The number of halogens is 1. The molecular weight excluding hydrogens is 256 g/mol. The molecule has 0 unspecified atom stereocenters. The number of nitrogens with zero attached hydrogens (tertiary/aromatic N) is 1. The van der Waals surface area contributed by atoms with Crippen LogP contribution in [0.1, 0.15) is 29.9 Å². The molecule has 1 aliphatic rings. The van der Waals surface area contributed by atoms with Gasteiger partial charge in [-0.25, -0.2) is 4.98 Å². The molecule has 19 heavy (non-hydrogen) atoms. The summed E-state index contributed by atoms with van der Waals surface area (Å²) < 4.78 is 0. The summed E-state index contributed by atoms with van der Waals surface area (Å²) in [4.78, 5) is 4.08. The van der Waals surface area contributed by atoms with Gasteiger partial charge in [0.15, 0.2) is 5.15 Å². The second-order valence-electron chi connectivity index (χ2n) is 5.27. The van der Waals surface area contributed by atoms with Crippen LogP contribution in [0.25, 0.3) is 0 Å². The lowest BCUT2D eigenvalue weighted by Gasteiger charge is -2.37. The highest BCUT2D eigenvalue weighted by molar-refractivity contribution is 6.31. The largest absolute Gasteiger partial charge is 0.380 e. The van der Waals surface area contributed by atoms with Gasteiger partial charge in [0.05, 0.1) is 5.69 Å². The zero-order valence-corrected chi connectivity index (χ0v) is 11.7. The molecule has 1 aromatic heterocycles. The van der Waals surface area contributed by atoms with E-state index in [0.29, 0.717) is 17.1 Å². The van der Waals surface area contributed by atoms with Gasteiger partial charge in [0.1, 0.15) is 0 Å². The van der Waals surface area contributed by atoms with E-state index in [4.69, 9.17) is 11.6 Å². The number of pyridine rings is 1. The number of hydrogen-bond donors (Lipinski definition) is 1. The van der Waals surface area contributed by atoms with Crippen LogP contribution in [0, 0.1) is 6.92 Å². The Morgan fingerprint density at radius 1 is 1.21 bits per heavy atom. The molecule has 0 atom stereocenters. The summed E-state index contributed by atoms with van der Waals surface area (Å²) in [5.74, 6) is 0.674. The molecule has 2 nitrogen and oxygen atoms in total. The fraction of sp³-hybridized carbons (Fsp3) is 0.312. The lowest BCUT2D eigenvalue weighted by Crippen LogP contribution is -2.34. The third kappa shape index (κ3) is 2.74. The summed E-state index contributed by atoms with van der Waals surface area (Å²) in [7, 11) is 0. The van der Waals surface area contributed by atoms with Crippen LogP contribution in [0.3, 0.4) is 0 Å². The van der Waals surface area contributed by atoms with Gasteiger partial charge >= 0.3 is 0 Å². The molecule has 1 aromatic carbocycles. The van der Waals surface area contributed by atoms with Crippen LogP contribution in [-0.2, 0) is 0 Å². The van der Waals surface area contributed by atoms with Crippen LogP contribution in [0.15, 0.2) is 42.6 Å². The predicted molar refractivity (Wildman–Crippen MR) is 79.8 cm³/mol. The van der Waals surface area contributed by atoms with Gasteiger partial charge in [-0.3, -0.25) is 0 Å². The Morgan fingerprint density at radius 3 is 2.79 bits per heavy atom. The lowest BCUT2D eigenvalue weighted by molar-refractivity contribution is 0.374. The van der Waals surface area contributed by atoms with Crippen molar-refractivity contribution in [3.05, 3.63) is 58.9 Å². The Morgan fingerprint density at radius 2 is 2.05 bits per heavy atom. The Bertz CT molecular complexity index is 576. The Hall–Kier alpha value is -1.54. The summed E-state index contributed by atoms with van der Waals surface area (Å²) in [5, 5.41) is 4.02. The van der Waals surface area contributed by atoms with Crippen LogP contribution in [0.4, 0.5) is 5.69 Å². The van der Waals surface area contributed by atoms with Gasteiger partial charge in [0.25, 0.3) is 0 Å². The maximum absolute atomic E-state index is 6.05. The Balaban J connectivity index is 1.60. The molecule has 0 radical (unpaired) electrons. The monoisotopic (exact) mass is 272 g/mol. The fourth-order valence-corrected chi connectivity index (χ4v) is 2.82. The smallest absolute Gasteiger partial charge is 0.152 e. The van der Waals surface area contributed by atoms with E-state index in [2.05, 4.69) is 41.5 Å². The number of aryl methyl sites for hydroxylation is 1. The van der Waals surface area contributed by atoms with Crippen molar-refractivity contribution in [3.8, 4) is 0 Å². The molecule has 3 heteroatoms. The molecule has 1 saturated carbocycles. The van der Waals surface area contributed by atoms with Gasteiger partial charge in [-0.2, -0.15) is 0 Å². The number of rotatable bonds is 3. The van der Waals surface area contributed by atoms with E-state index in [1.54, 1.807) is 6.20 Å². The van der Waals surface area contributed by atoms with Gasteiger partial charge in [-0.05, 0) is 43.4 Å². The summed E-state index contributed by atoms with van der Waals surface area (Å²) in [6.45, 7) is 2.15. The molecule has 1 N–H and O–H groups in total. The normalized spacial score (nSPS) is 21.8. The summed E-state index contributed by atoms with van der Waals surface area (Å²) in [5.41, 5.74) is 3.73. The lowest BCUT2D eigenvalue weighted by atomic mass is 9.75. The van der Waals surface area contributed by atoms with E-state index in [-0.39, 0.29) is 0 Å². The number of aromatic nitrogens is 1. The number of nitrogens with one attached hydrogen (secondary N) is 1. The first-order valence-electron chi connectivity index (χ1n) is 6.66. The van der Waals surface area contributed by atoms with E-state index >= 15 is 0 Å². The molecule has 2 aromatic rings. The van der Waals surface area contributed by atoms with Crippen LogP contribution in [-0.4, -0.2) is 11.0 Å². The minimum absolute atomic E-state index is 0.507. The summed E-state index contributed by atoms with van der Waals surface area (Å²) in [6, 6.07) is 13.2. The van der Waals surface area contributed by atoms with E-state index in [1.165, 1.54) is 11.1 Å². The average molecular weight is 273 g/mol. The van der Waals surface area contributed by atoms with Crippen molar-refractivity contribution >= 4 is 17.3 Å². The highest BCUT2D eigenvalue weighted by Gasteiger charge is 2.30. The van der Waals surface area contributed by atoms with Crippen molar-refractivity contribution in [2.24, 2.45) is 0 Å². The highest BCUT2D eigenvalue weighted by Crippen LogP contribution is 2.39. The quantitative estimate of drug-likeness (QED) is 0.838. The fourth-order valence-electron chi connectivity index (χ4n) is 2.65. The molecule has 0 aliphatic heterocycles. The first-order valence-corrected chi connectivity index (χ1v) is 7.04. The predicted octanol–water partition coefficient (Wildman–Crippen LogP) is 4.40. The molecular formula is C16H17ClN2. The van der Waals surface area contributed by atoms with Crippen LogP contribution < -0.4 is 5.32 Å². The Kier molecular flexibility index (Phi) is 3.43. The zero-order valence-electron chi connectivity index (χ0n) is 10.9. The highest BCUT2D eigenvalue weighted by atomic mass is 35.5. The van der Waals surface area contributed by atoms with Crippen molar-refractivity contribution in [3.63, 3.8) is 0 Å². The van der Waals surface area contributed by atoms with Gasteiger partial charge < -0.3 is 5.32 Å². The second-order valence-corrected chi connectivity index (χ2v) is 5.62. The van der Waals surface area contributed by atoms with Crippen molar-refractivity contribution < 1.29 is 0 Å². The topological polar surface area (TPSA) is 24.9 Å². The maximum Gasteiger partial charge on any atom is 0.152 e. The summed E-state index contributed by atoms with van der Waals surface area (Å²) in [6.07, 6.45) is 4.03. The molecule has 1 aliphatic carbocycles. The van der Waals surface area contributed by atoms with Crippen molar-refractivity contribution in [2.75, 3.05) is 5.32 Å². The first-order chi connectivity index (χ1) is 9.22. The molecule has 0 bridgehead atoms. The maximum atomic E-state index is 6.05. The molecule has 0 saturated heterocycles. The SMILES string of the molecule is Cc1cccc(C2CC(Nc3cccnc3Cl)C2)c1. The Labute approximate surface area is 118 Å².